The van der Waals surface area contributed by atoms with Gasteiger partial charge in [-0.3, -0.25) is 0 Å². The van der Waals surface area contributed by atoms with Gasteiger partial charge in [0.25, 0.3) is 0 Å². The van der Waals surface area contributed by atoms with Crippen molar-refractivity contribution in [1.29, 1.82) is 0 Å². The molecule has 3 rings (SSSR count). The number of anilines is 1. The van der Waals surface area contributed by atoms with Crippen LogP contribution >= 0.6 is 23.8 Å². The smallest absolute Gasteiger partial charge is 0.218 e. The number of benzene rings is 2. The second kappa shape index (κ2) is 6.59. The Morgan fingerprint density at radius 1 is 1.21 bits per heavy atom. The van der Waals surface area contributed by atoms with Crippen LogP contribution in [-0.4, -0.2) is 15.2 Å². The molecule has 0 aliphatic heterocycles. The Morgan fingerprint density at radius 2 is 2.00 bits per heavy atom. The van der Waals surface area contributed by atoms with Crippen LogP contribution in [-0.2, 0) is 0 Å². The molecule has 3 N–H and O–H groups in total. The lowest BCUT2D eigenvalue weighted by atomic mass is 10.1. The maximum absolute atomic E-state index is 9.99. The van der Waals surface area contributed by atoms with Crippen molar-refractivity contribution < 1.29 is 5.11 Å². The van der Waals surface area contributed by atoms with E-state index in [4.69, 9.17) is 23.8 Å². The summed E-state index contributed by atoms with van der Waals surface area (Å²) in [5.74, 6) is -0.0784. The van der Waals surface area contributed by atoms with E-state index in [1.54, 1.807) is 18.2 Å². The zero-order valence-corrected chi connectivity index (χ0v) is 14.7. The van der Waals surface area contributed by atoms with Crippen molar-refractivity contribution in [3.05, 3.63) is 52.5 Å². The van der Waals surface area contributed by atoms with Gasteiger partial charge in [0.2, 0.25) is 11.0 Å². The standard InChI is InChI=1S/C17H15ClN4OS/c1-9-3-5-13(10(2)7-9)20-17(24)22-21-15-12-8-11(18)4-6-14(12)19-16(15)23/h3-8,19,23H,1-2H3,(H,20,24). The summed E-state index contributed by atoms with van der Waals surface area (Å²) in [4.78, 5) is 2.82. The van der Waals surface area contributed by atoms with Gasteiger partial charge in [0, 0.05) is 16.1 Å². The minimum atomic E-state index is -0.0784. The molecule has 0 aliphatic carbocycles. The van der Waals surface area contributed by atoms with E-state index in [1.807, 2.05) is 26.0 Å². The van der Waals surface area contributed by atoms with Gasteiger partial charge in [-0.2, -0.15) is 0 Å². The van der Waals surface area contributed by atoms with Crippen LogP contribution in [0.15, 0.2) is 46.6 Å². The molecular formula is C17H15ClN4OS. The molecule has 0 atom stereocenters. The average Bonchev–Trinajstić information content (AvgIpc) is 2.83. The van der Waals surface area contributed by atoms with Crippen LogP contribution in [0.25, 0.3) is 10.9 Å². The van der Waals surface area contributed by atoms with Crippen molar-refractivity contribution in [2.45, 2.75) is 13.8 Å². The maximum atomic E-state index is 9.99. The number of aromatic nitrogens is 1. The molecule has 7 heteroatoms. The molecule has 24 heavy (non-hydrogen) atoms. The number of H-pyrrole nitrogens is 1. The third-order valence-electron chi connectivity index (χ3n) is 3.58. The van der Waals surface area contributed by atoms with Gasteiger partial charge >= 0.3 is 0 Å². The predicted molar refractivity (Wildman–Crippen MR) is 102 cm³/mol. The number of nitrogens with one attached hydrogen (secondary N) is 2. The number of fused-ring (bicyclic) bond motifs is 1. The number of aromatic hydroxyl groups is 1. The van der Waals surface area contributed by atoms with E-state index in [0.29, 0.717) is 16.1 Å². The second-order valence-corrected chi connectivity index (χ2v) is 6.28. The van der Waals surface area contributed by atoms with Crippen LogP contribution in [0.5, 0.6) is 5.88 Å². The van der Waals surface area contributed by atoms with Crippen molar-refractivity contribution in [2.75, 3.05) is 5.32 Å². The van der Waals surface area contributed by atoms with Gasteiger partial charge < -0.3 is 15.4 Å². The number of nitrogens with zero attached hydrogens (tertiary/aromatic N) is 2. The lowest BCUT2D eigenvalue weighted by Crippen LogP contribution is -2.06. The Bertz CT molecular complexity index is 965. The molecule has 3 aromatic rings. The third-order valence-corrected chi connectivity index (χ3v) is 4.00. The molecule has 0 unspecified atom stereocenters. The molecule has 0 fully saturated rings. The Labute approximate surface area is 149 Å². The number of halogens is 1. The van der Waals surface area contributed by atoms with Gasteiger partial charge in [0.05, 0.1) is 5.52 Å². The summed E-state index contributed by atoms with van der Waals surface area (Å²) in [7, 11) is 0. The number of hydrogen-bond donors (Lipinski definition) is 3. The van der Waals surface area contributed by atoms with Crippen LogP contribution in [0.4, 0.5) is 11.4 Å². The molecule has 1 aromatic heterocycles. The maximum Gasteiger partial charge on any atom is 0.218 e. The Hall–Kier alpha value is -2.44. The van der Waals surface area contributed by atoms with Gasteiger partial charge in [-0.1, -0.05) is 29.3 Å². The first-order valence-electron chi connectivity index (χ1n) is 7.24. The molecule has 5 nitrogen and oxygen atoms in total. The summed E-state index contributed by atoms with van der Waals surface area (Å²) in [6.45, 7) is 4.02. The van der Waals surface area contributed by atoms with E-state index in [0.717, 1.165) is 16.8 Å². The van der Waals surface area contributed by atoms with Crippen molar-refractivity contribution in [1.82, 2.24) is 4.98 Å². The Morgan fingerprint density at radius 3 is 2.75 bits per heavy atom. The van der Waals surface area contributed by atoms with E-state index in [9.17, 15) is 5.11 Å². The monoisotopic (exact) mass is 358 g/mol. The van der Waals surface area contributed by atoms with Crippen LogP contribution in [0.3, 0.4) is 0 Å². The number of thiocarbonyl (C=S) groups is 1. The molecule has 0 amide bonds. The molecule has 0 spiro atoms. The van der Waals surface area contributed by atoms with Gasteiger partial charge in [0.1, 0.15) is 0 Å². The minimum Gasteiger partial charge on any atom is -0.493 e. The Balaban J connectivity index is 1.84. The number of hydrogen-bond acceptors (Lipinski definition) is 3. The normalized spacial score (nSPS) is 11.3. The SMILES string of the molecule is Cc1ccc(NC(=S)N=Nc2c(O)[nH]c3ccc(Cl)cc23)c(C)c1. The van der Waals surface area contributed by atoms with Gasteiger partial charge in [-0.25, -0.2) is 0 Å². The van der Waals surface area contributed by atoms with E-state index in [2.05, 4.69) is 26.6 Å². The van der Waals surface area contributed by atoms with Gasteiger partial charge in [0.15, 0.2) is 5.69 Å². The number of aryl methyl sites for hydroxylation is 2. The van der Waals surface area contributed by atoms with Crippen LogP contribution < -0.4 is 5.32 Å². The third kappa shape index (κ3) is 3.39. The second-order valence-electron chi connectivity index (χ2n) is 5.46. The Kier molecular flexibility index (Phi) is 4.51. The number of aromatic amines is 1. The van der Waals surface area contributed by atoms with Gasteiger partial charge in [-0.15, -0.1) is 10.2 Å². The summed E-state index contributed by atoms with van der Waals surface area (Å²) in [5, 5.41) is 22.5. The minimum absolute atomic E-state index is 0.0784. The highest BCUT2D eigenvalue weighted by atomic mass is 35.5. The topological polar surface area (TPSA) is 72.8 Å². The summed E-state index contributed by atoms with van der Waals surface area (Å²) in [6, 6.07) is 11.2. The van der Waals surface area contributed by atoms with Crippen LogP contribution in [0.2, 0.25) is 5.02 Å². The number of rotatable bonds is 2. The summed E-state index contributed by atoms with van der Waals surface area (Å²) in [5.41, 5.74) is 4.13. The lowest BCUT2D eigenvalue weighted by molar-refractivity contribution is 0.459. The first-order chi connectivity index (χ1) is 11.4. The van der Waals surface area contributed by atoms with Crippen molar-refractivity contribution in [3.63, 3.8) is 0 Å². The van der Waals surface area contributed by atoms with Crippen molar-refractivity contribution in [3.8, 4) is 5.88 Å². The molecule has 0 saturated carbocycles. The largest absolute Gasteiger partial charge is 0.493 e. The molecule has 122 valence electrons. The molecule has 1 heterocycles. The van der Waals surface area contributed by atoms with E-state index >= 15 is 0 Å². The highest BCUT2D eigenvalue weighted by Gasteiger charge is 2.11. The summed E-state index contributed by atoms with van der Waals surface area (Å²) in [6.07, 6.45) is 0. The van der Waals surface area contributed by atoms with E-state index < -0.39 is 0 Å². The van der Waals surface area contributed by atoms with Crippen LogP contribution in [0, 0.1) is 13.8 Å². The van der Waals surface area contributed by atoms with E-state index in [1.165, 1.54) is 5.56 Å². The average molecular weight is 359 g/mol. The first-order valence-corrected chi connectivity index (χ1v) is 8.03. The fourth-order valence-electron chi connectivity index (χ4n) is 2.43. The summed E-state index contributed by atoms with van der Waals surface area (Å²) >= 11 is 11.2. The molecule has 0 radical (unpaired) electrons. The van der Waals surface area contributed by atoms with Crippen molar-refractivity contribution in [2.24, 2.45) is 10.2 Å². The fraction of sp³-hybridized carbons (Fsp3) is 0.118. The highest BCUT2D eigenvalue weighted by Crippen LogP contribution is 2.36. The number of azo groups is 1. The molecule has 2 aromatic carbocycles. The fourth-order valence-corrected chi connectivity index (χ4v) is 2.75. The van der Waals surface area contributed by atoms with Crippen LogP contribution in [0.1, 0.15) is 11.1 Å². The zero-order valence-electron chi connectivity index (χ0n) is 13.1. The van der Waals surface area contributed by atoms with Gasteiger partial charge in [-0.05, 0) is 55.9 Å². The predicted octanol–water partition coefficient (Wildman–Crippen LogP) is 5.62. The molecule has 0 saturated heterocycles. The van der Waals surface area contributed by atoms with E-state index in [-0.39, 0.29) is 11.0 Å². The molecular weight excluding hydrogens is 344 g/mol. The molecule has 0 aliphatic rings. The molecule has 0 bridgehead atoms. The zero-order chi connectivity index (χ0) is 17.3. The quantitative estimate of drug-likeness (QED) is 0.411. The van der Waals surface area contributed by atoms with Crippen molar-refractivity contribution >= 4 is 51.2 Å². The lowest BCUT2D eigenvalue weighted by Gasteiger charge is -2.07. The summed E-state index contributed by atoms with van der Waals surface area (Å²) < 4.78 is 0. The highest BCUT2D eigenvalue weighted by molar-refractivity contribution is 7.80. The first kappa shape index (κ1) is 16.4.